The molecule has 0 radical (unpaired) electrons. The predicted octanol–water partition coefficient (Wildman–Crippen LogP) is 2.11. The van der Waals surface area contributed by atoms with E-state index in [4.69, 9.17) is 4.74 Å². The van der Waals surface area contributed by atoms with Crippen LogP contribution >= 0.6 is 11.3 Å². The van der Waals surface area contributed by atoms with Gasteiger partial charge in [-0.1, -0.05) is 12.1 Å². The van der Waals surface area contributed by atoms with Gasteiger partial charge in [-0.15, -0.1) is 11.3 Å². The SMILES string of the molecule is COc1ccc(C2(C)NC(=O)N(CC(=O)N3CCc4sccc4C3)C2=O)cc1. The average molecular weight is 399 g/mol. The van der Waals surface area contributed by atoms with Crippen molar-refractivity contribution in [2.75, 3.05) is 20.2 Å². The Morgan fingerprint density at radius 2 is 2.00 bits per heavy atom. The molecule has 3 heterocycles. The number of thiophene rings is 1. The average Bonchev–Trinajstić information content (AvgIpc) is 3.26. The second-order valence-corrected chi connectivity index (χ2v) is 8.11. The number of ether oxygens (including phenoxy) is 1. The maximum Gasteiger partial charge on any atom is 0.325 e. The van der Waals surface area contributed by atoms with E-state index < -0.39 is 17.5 Å². The maximum atomic E-state index is 13.0. The number of nitrogens with zero attached hydrogens (tertiary/aromatic N) is 2. The van der Waals surface area contributed by atoms with Crippen LogP contribution in [0.15, 0.2) is 35.7 Å². The number of fused-ring (bicyclic) bond motifs is 1. The first kappa shape index (κ1) is 18.5. The molecule has 0 bridgehead atoms. The van der Waals surface area contributed by atoms with Crippen molar-refractivity contribution in [2.24, 2.45) is 0 Å². The molecule has 0 saturated carbocycles. The Morgan fingerprint density at radius 1 is 1.25 bits per heavy atom. The minimum Gasteiger partial charge on any atom is -0.497 e. The van der Waals surface area contributed by atoms with Gasteiger partial charge in [0, 0.05) is 18.0 Å². The number of carbonyl (C=O) groups is 3. The Bertz CT molecular complexity index is 939. The molecule has 0 spiro atoms. The summed E-state index contributed by atoms with van der Waals surface area (Å²) < 4.78 is 5.14. The van der Waals surface area contributed by atoms with Gasteiger partial charge in [0.25, 0.3) is 5.91 Å². The molecule has 1 unspecified atom stereocenters. The van der Waals surface area contributed by atoms with Crippen LogP contribution in [0.2, 0.25) is 0 Å². The molecule has 1 saturated heterocycles. The number of benzene rings is 1. The smallest absolute Gasteiger partial charge is 0.325 e. The molecule has 1 N–H and O–H groups in total. The highest BCUT2D eigenvalue weighted by molar-refractivity contribution is 7.10. The van der Waals surface area contributed by atoms with Gasteiger partial charge in [-0.05, 0) is 48.1 Å². The molecule has 1 aromatic heterocycles. The highest BCUT2D eigenvalue weighted by atomic mass is 32.1. The van der Waals surface area contributed by atoms with Gasteiger partial charge in [0.1, 0.15) is 17.8 Å². The summed E-state index contributed by atoms with van der Waals surface area (Å²) in [5.74, 6) is 0.0117. The van der Waals surface area contributed by atoms with E-state index in [2.05, 4.69) is 5.32 Å². The molecular weight excluding hydrogens is 378 g/mol. The maximum absolute atomic E-state index is 13.0. The first-order valence-corrected chi connectivity index (χ1v) is 9.92. The summed E-state index contributed by atoms with van der Waals surface area (Å²) in [5, 5.41) is 4.76. The quantitative estimate of drug-likeness (QED) is 0.799. The van der Waals surface area contributed by atoms with E-state index >= 15 is 0 Å². The monoisotopic (exact) mass is 399 g/mol. The van der Waals surface area contributed by atoms with E-state index in [0.29, 0.717) is 24.4 Å². The van der Waals surface area contributed by atoms with Crippen LogP contribution in [0.4, 0.5) is 4.79 Å². The predicted molar refractivity (Wildman–Crippen MR) is 104 cm³/mol. The van der Waals surface area contributed by atoms with Crippen molar-refractivity contribution >= 4 is 29.2 Å². The van der Waals surface area contributed by atoms with Crippen molar-refractivity contribution < 1.29 is 19.1 Å². The standard InChI is InChI=1S/C20H21N3O4S/c1-20(14-3-5-15(27-2)6-4-14)18(25)23(19(26)21-20)12-17(24)22-9-7-16-13(11-22)8-10-28-16/h3-6,8,10H,7,9,11-12H2,1-2H3,(H,21,26). The largest absolute Gasteiger partial charge is 0.497 e. The highest BCUT2D eigenvalue weighted by Crippen LogP contribution is 2.30. The van der Waals surface area contributed by atoms with Gasteiger partial charge in [0.05, 0.1) is 7.11 Å². The number of urea groups is 1. The molecule has 2 aromatic rings. The minimum absolute atomic E-state index is 0.223. The summed E-state index contributed by atoms with van der Waals surface area (Å²) in [7, 11) is 1.56. The van der Waals surface area contributed by atoms with Crippen LogP contribution in [0.5, 0.6) is 5.75 Å². The summed E-state index contributed by atoms with van der Waals surface area (Å²) >= 11 is 1.70. The third kappa shape index (κ3) is 3.03. The van der Waals surface area contributed by atoms with Crippen molar-refractivity contribution in [2.45, 2.75) is 25.4 Å². The van der Waals surface area contributed by atoms with E-state index in [9.17, 15) is 14.4 Å². The zero-order chi connectivity index (χ0) is 19.9. The Labute approximate surface area is 166 Å². The Kier molecular flexibility index (Phi) is 4.58. The fraction of sp³-hybridized carbons (Fsp3) is 0.350. The number of nitrogens with one attached hydrogen (secondary N) is 1. The van der Waals surface area contributed by atoms with Crippen LogP contribution < -0.4 is 10.1 Å². The number of methoxy groups -OCH3 is 1. The number of rotatable bonds is 4. The summed E-state index contributed by atoms with van der Waals surface area (Å²) in [5.41, 5.74) is 0.582. The highest BCUT2D eigenvalue weighted by Gasteiger charge is 2.49. The second-order valence-electron chi connectivity index (χ2n) is 7.11. The molecule has 4 amide bonds. The van der Waals surface area contributed by atoms with E-state index in [1.807, 2.05) is 11.4 Å². The number of carbonyl (C=O) groups excluding carboxylic acids is 3. The zero-order valence-corrected chi connectivity index (χ0v) is 16.5. The summed E-state index contributed by atoms with van der Waals surface area (Å²) in [6.07, 6.45) is 0.808. The molecule has 146 valence electrons. The van der Waals surface area contributed by atoms with Crippen molar-refractivity contribution in [1.82, 2.24) is 15.1 Å². The lowest BCUT2D eigenvalue weighted by Crippen LogP contribution is -2.45. The van der Waals surface area contributed by atoms with Crippen molar-refractivity contribution in [1.29, 1.82) is 0 Å². The van der Waals surface area contributed by atoms with E-state index in [1.165, 1.54) is 4.88 Å². The molecule has 1 fully saturated rings. The van der Waals surface area contributed by atoms with Crippen LogP contribution in [0.1, 0.15) is 22.9 Å². The molecule has 2 aliphatic rings. The molecule has 2 aliphatic heterocycles. The third-order valence-corrected chi connectivity index (χ3v) is 6.42. The lowest BCUT2D eigenvalue weighted by atomic mass is 9.92. The van der Waals surface area contributed by atoms with Crippen molar-refractivity contribution in [3.8, 4) is 5.75 Å². The fourth-order valence-electron chi connectivity index (χ4n) is 3.66. The van der Waals surface area contributed by atoms with Gasteiger partial charge >= 0.3 is 6.03 Å². The second kappa shape index (κ2) is 6.94. The Morgan fingerprint density at radius 3 is 2.71 bits per heavy atom. The van der Waals surface area contributed by atoms with Crippen molar-refractivity contribution in [3.63, 3.8) is 0 Å². The minimum atomic E-state index is -1.20. The lowest BCUT2D eigenvalue weighted by Gasteiger charge is -2.28. The van der Waals surface area contributed by atoms with Crippen molar-refractivity contribution in [3.05, 3.63) is 51.7 Å². The van der Waals surface area contributed by atoms with Gasteiger partial charge in [0.15, 0.2) is 0 Å². The Hall–Kier alpha value is -2.87. The number of hydrogen-bond acceptors (Lipinski definition) is 5. The molecule has 28 heavy (non-hydrogen) atoms. The number of amides is 4. The molecule has 0 aliphatic carbocycles. The molecule has 4 rings (SSSR count). The first-order chi connectivity index (χ1) is 13.4. The first-order valence-electron chi connectivity index (χ1n) is 9.04. The molecular formula is C20H21N3O4S. The molecule has 1 aromatic carbocycles. The Balaban J connectivity index is 1.49. The molecule has 7 nitrogen and oxygen atoms in total. The van der Waals surface area contributed by atoms with Gasteiger partial charge in [-0.3, -0.25) is 14.5 Å². The summed E-state index contributed by atoms with van der Waals surface area (Å²) in [4.78, 5) is 42.2. The third-order valence-electron chi connectivity index (χ3n) is 5.40. The number of imide groups is 1. The molecule has 1 atom stereocenters. The molecule has 8 heteroatoms. The summed E-state index contributed by atoms with van der Waals surface area (Å²) in [6.45, 7) is 2.52. The van der Waals surface area contributed by atoms with Gasteiger partial charge in [-0.2, -0.15) is 0 Å². The topological polar surface area (TPSA) is 79.0 Å². The fourth-order valence-corrected chi connectivity index (χ4v) is 4.55. The summed E-state index contributed by atoms with van der Waals surface area (Å²) in [6, 6.07) is 8.43. The lowest BCUT2D eigenvalue weighted by molar-refractivity contribution is -0.139. The van der Waals surface area contributed by atoms with E-state index in [1.54, 1.807) is 54.5 Å². The van der Waals surface area contributed by atoms with E-state index in [0.717, 1.165) is 16.9 Å². The number of hydrogen-bond donors (Lipinski definition) is 1. The van der Waals surface area contributed by atoms with Crippen LogP contribution in [-0.4, -0.2) is 47.8 Å². The van der Waals surface area contributed by atoms with Gasteiger partial charge in [0.2, 0.25) is 5.91 Å². The van der Waals surface area contributed by atoms with Crippen LogP contribution in [0, 0.1) is 0 Å². The van der Waals surface area contributed by atoms with Crippen LogP contribution in [0.3, 0.4) is 0 Å². The van der Waals surface area contributed by atoms with E-state index in [-0.39, 0.29) is 12.5 Å². The normalized spacial score (nSPS) is 21.5. The van der Waals surface area contributed by atoms with Gasteiger partial charge in [-0.25, -0.2) is 4.79 Å². The zero-order valence-electron chi connectivity index (χ0n) is 15.7. The van der Waals surface area contributed by atoms with Crippen LogP contribution in [-0.2, 0) is 28.1 Å². The van der Waals surface area contributed by atoms with Crippen LogP contribution in [0.25, 0.3) is 0 Å². The van der Waals surface area contributed by atoms with Gasteiger partial charge < -0.3 is 15.0 Å².